The van der Waals surface area contributed by atoms with Crippen LogP contribution in [0.5, 0.6) is 0 Å². The number of hydrogen-bond donors (Lipinski definition) is 3. The normalized spacial score (nSPS) is 10.2. The molecule has 0 bridgehead atoms. The molecule has 1 aromatic rings. The number of amides is 1. The molecule has 4 nitrogen and oxygen atoms in total. The Morgan fingerprint density at radius 1 is 1.46 bits per heavy atom. The molecule has 0 aliphatic rings. The highest BCUT2D eigenvalue weighted by atomic mass is 16.5. The van der Waals surface area contributed by atoms with Gasteiger partial charge in [0.25, 0.3) is 5.91 Å². The van der Waals surface area contributed by atoms with Gasteiger partial charge in [-0.25, -0.2) is 5.48 Å². The van der Waals surface area contributed by atoms with Gasteiger partial charge in [0.2, 0.25) is 0 Å². The quantitative estimate of drug-likeness (QED) is 0.271. The molecule has 0 saturated carbocycles. The minimum Gasteiger partial charge on any atom is -0.398 e. The number of para-hydroxylation sites is 1. The molecule has 13 heavy (non-hydrogen) atoms. The van der Waals surface area contributed by atoms with Crippen LogP contribution in [0.3, 0.4) is 0 Å². The Morgan fingerprint density at radius 3 is 2.77 bits per heavy atom. The molecule has 1 aromatic carbocycles. The molecule has 0 saturated heterocycles. The van der Waals surface area contributed by atoms with Crippen molar-refractivity contribution in [3.05, 3.63) is 35.9 Å². The number of nitrogens with two attached hydrogens (primary N) is 1. The van der Waals surface area contributed by atoms with E-state index in [1.54, 1.807) is 18.2 Å². The fourth-order valence-electron chi connectivity index (χ4n) is 0.865. The molecule has 4 N–H and O–H groups in total. The lowest BCUT2D eigenvalue weighted by atomic mass is 10.1. The molecule has 0 atom stereocenters. The maximum atomic E-state index is 10.6. The van der Waals surface area contributed by atoms with Crippen LogP contribution in [0.1, 0.15) is 5.56 Å². The SMILES string of the molecule is Nc1ccccc1/C=C/C(=O)NO. The molecule has 0 aliphatic heterocycles. The molecule has 0 unspecified atom stereocenters. The molecule has 0 aromatic heterocycles. The van der Waals surface area contributed by atoms with Gasteiger partial charge in [0.15, 0.2) is 0 Å². The first kappa shape index (κ1) is 9.28. The summed E-state index contributed by atoms with van der Waals surface area (Å²) < 4.78 is 0. The van der Waals surface area contributed by atoms with Gasteiger partial charge in [0.05, 0.1) is 0 Å². The molecule has 1 rings (SSSR count). The van der Waals surface area contributed by atoms with Gasteiger partial charge in [-0.2, -0.15) is 0 Å². The second-order valence-corrected chi connectivity index (χ2v) is 2.44. The van der Waals surface area contributed by atoms with Crippen molar-refractivity contribution in [2.24, 2.45) is 0 Å². The van der Waals surface area contributed by atoms with E-state index in [2.05, 4.69) is 0 Å². The van der Waals surface area contributed by atoms with E-state index in [0.29, 0.717) is 5.69 Å². The number of anilines is 1. The third-order valence-corrected chi connectivity index (χ3v) is 1.52. The number of carbonyl (C=O) groups is 1. The smallest absolute Gasteiger partial charge is 0.267 e. The van der Waals surface area contributed by atoms with Gasteiger partial charge in [-0.15, -0.1) is 0 Å². The van der Waals surface area contributed by atoms with E-state index in [1.165, 1.54) is 17.6 Å². The summed E-state index contributed by atoms with van der Waals surface area (Å²) in [5.74, 6) is -0.580. The van der Waals surface area contributed by atoms with E-state index < -0.39 is 5.91 Å². The minimum absolute atomic E-state index is 0.580. The van der Waals surface area contributed by atoms with Crippen LogP contribution in [0.4, 0.5) is 5.69 Å². The van der Waals surface area contributed by atoms with Crippen molar-refractivity contribution in [2.75, 3.05) is 5.73 Å². The summed E-state index contributed by atoms with van der Waals surface area (Å²) in [6.45, 7) is 0. The summed E-state index contributed by atoms with van der Waals surface area (Å²) in [4.78, 5) is 10.6. The van der Waals surface area contributed by atoms with Crippen molar-refractivity contribution in [2.45, 2.75) is 0 Å². The molecule has 0 fully saturated rings. The highest BCUT2D eigenvalue weighted by Gasteiger charge is 1.93. The summed E-state index contributed by atoms with van der Waals surface area (Å²) in [5, 5.41) is 8.20. The Kier molecular flexibility index (Phi) is 3.05. The molecular weight excluding hydrogens is 168 g/mol. The zero-order chi connectivity index (χ0) is 9.68. The van der Waals surface area contributed by atoms with Gasteiger partial charge in [0.1, 0.15) is 0 Å². The number of hydrogen-bond acceptors (Lipinski definition) is 3. The largest absolute Gasteiger partial charge is 0.398 e. The Hall–Kier alpha value is -1.81. The molecule has 68 valence electrons. The monoisotopic (exact) mass is 178 g/mol. The highest BCUT2D eigenvalue weighted by molar-refractivity contribution is 5.91. The Bertz CT molecular complexity index is 334. The molecule has 0 radical (unpaired) electrons. The van der Waals surface area contributed by atoms with Gasteiger partial charge in [0, 0.05) is 11.8 Å². The second-order valence-electron chi connectivity index (χ2n) is 2.44. The van der Waals surface area contributed by atoms with Crippen molar-refractivity contribution >= 4 is 17.7 Å². The minimum atomic E-state index is -0.580. The van der Waals surface area contributed by atoms with Crippen LogP contribution >= 0.6 is 0 Å². The highest BCUT2D eigenvalue weighted by Crippen LogP contribution is 2.11. The lowest BCUT2D eigenvalue weighted by molar-refractivity contribution is -0.124. The Balaban J connectivity index is 2.80. The second kappa shape index (κ2) is 4.27. The van der Waals surface area contributed by atoms with E-state index in [1.807, 2.05) is 6.07 Å². The van der Waals surface area contributed by atoms with Gasteiger partial charge >= 0.3 is 0 Å². The topological polar surface area (TPSA) is 75.4 Å². The molecular formula is C9H10N2O2. The third kappa shape index (κ3) is 2.61. The average molecular weight is 178 g/mol. The summed E-state index contributed by atoms with van der Waals surface area (Å²) >= 11 is 0. The number of nitrogen functional groups attached to an aromatic ring is 1. The molecule has 0 spiro atoms. The van der Waals surface area contributed by atoms with E-state index >= 15 is 0 Å². The number of nitrogens with one attached hydrogen (secondary N) is 1. The van der Waals surface area contributed by atoms with Crippen molar-refractivity contribution in [1.82, 2.24) is 5.48 Å². The maximum absolute atomic E-state index is 10.6. The van der Waals surface area contributed by atoms with Crippen LogP contribution in [-0.4, -0.2) is 11.1 Å². The van der Waals surface area contributed by atoms with Crippen LogP contribution < -0.4 is 11.2 Å². The summed E-state index contributed by atoms with van der Waals surface area (Å²) in [5.41, 5.74) is 8.42. The summed E-state index contributed by atoms with van der Waals surface area (Å²) in [7, 11) is 0. The van der Waals surface area contributed by atoms with Crippen molar-refractivity contribution in [3.8, 4) is 0 Å². The number of rotatable bonds is 2. The van der Waals surface area contributed by atoms with Crippen molar-refractivity contribution in [3.63, 3.8) is 0 Å². The molecule has 0 aliphatic carbocycles. The first-order chi connectivity index (χ1) is 6.24. The fourth-order valence-corrected chi connectivity index (χ4v) is 0.865. The van der Waals surface area contributed by atoms with Gasteiger partial charge in [-0.05, 0) is 17.7 Å². The predicted octanol–water partition coefficient (Wildman–Crippen LogP) is 0.787. The molecule has 0 heterocycles. The van der Waals surface area contributed by atoms with Gasteiger partial charge < -0.3 is 5.73 Å². The fraction of sp³-hybridized carbons (Fsp3) is 0. The van der Waals surface area contributed by atoms with Gasteiger partial charge in [-0.1, -0.05) is 18.2 Å². The average Bonchev–Trinajstić information content (AvgIpc) is 2.16. The first-order valence-corrected chi connectivity index (χ1v) is 3.70. The maximum Gasteiger partial charge on any atom is 0.267 e. The summed E-state index contributed by atoms with van der Waals surface area (Å²) in [6.07, 6.45) is 2.73. The molecule has 4 heteroatoms. The van der Waals surface area contributed by atoms with Crippen LogP contribution in [-0.2, 0) is 4.79 Å². The number of benzene rings is 1. The Morgan fingerprint density at radius 2 is 2.15 bits per heavy atom. The van der Waals surface area contributed by atoms with Crippen LogP contribution in [0.25, 0.3) is 6.08 Å². The standard InChI is InChI=1S/C9H10N2O2/c10-8-4-2-1-3-7(8)5-6-9(12)11-13/h1-6,13H,10H2,(H,11,12)/b6-5+. The lowest BCUT2D eigenvalue weighted by Crippen LogP contribution is -2.14. The lowest BCUT2D eigenvalue weighted by Gasteiger charge is -1.97. The zero-order valence-corrected chi connectivity index (χ0v) is 6.90. The summed E-state index contributed by atoms with van der Waals surface area (Å²) in [6, 6.07) is 7.12. The van der Waals surface area contributed by atoms with Crippen molar-refractivity contribution < 1.29 is 10.0 Å². The van der Waals surface area contributed by atoms with E-state index in [0.717, 1.165) is 5.56 Å². The zero-order valence-electron chi connectivity index (χ0n) is 6.90. The van der Waals surface area contributed by atoms with Crippen LogP contribution in [0, 0.1) is 0 Å². The number of carbonyl (C=O) groups excluding carboxylic acids is 1. The first-order valence-electron chi connectivity index (χ1n) is 3.70. The van der Waals surface area contributed by atoms with E-state index in [-0.39, 0.29) is 0 Å². The van der Waals surface area contributed by atoms with E-state index in [4.69, 9.17) is 10.9 Å². The van der Waals surface area contributed by atoms with Crippen LogP contribution in [0.2, 0.25) is 0 Å². The number of hydroxylamine groups is 1. The predicted molar refractivity (Wildman–Crippen MR) is 49.8 cm³/mol. The van der Waals surface area contributed by atoms with E-state index in [9.17, 15) is 4.79 Å². The van der Waals surface area contributed by atoms with Crippen LogP contribution in [0.15, 0.2) is 30.3 Å². The van der Waals surface area contributed by atoms with Crippen molar-refractivity contribution in [1.29, 1.82) is 0 Å². The Labute approximate surface area is 75.6 Å². The molecule has 1 amide bonds. The third-order valence-electron chi connectivity index (χ3n) is 1.52. The van der Waals surface area contributed by atoms with Gasteiger partial charge in [-0.3, -0.25) is 10.0 Å².